The summed E-state index contributed by atoms with van der Waals surface area (Å²) in [6, 6.07) is 7.25. The first-order valence-electron chi connectivity index (χ1n) is 9.16. The zero-order valence-corrected chi connectivity index (χ0v) is 15.6. The van der Waals surface area contributed by atoms with Gasteiger partial charge in [0.15, 0.2) is 0 Å². The van der Waals surface area contributed by atoms with Gasteiger partial charge in [0.05, 0.1) is 11.1 Å². The number of carbonyl (C=O) groups excluding carboxylic acids is 2. The van der Waals surface area contributed by atoms with E-state index in [-0.39, 0.29) is 28.7 Å². The van der Waals surface area contributed by atoms with Crippen molar-refractivity contribution in [2.45, 2.75) is 66.3 Å². The van der Waals surface area contributed by atoms with E-state index in [2.05, 4.69) is 34.6 Å². The van der Waals surface area contributed by atoms with Crippen LogP contribution in [0.5, 0.6) is 0 Å². The van der Waals surface area contributed by atoms with Gasteiger partial charge in [-0.1, -0.05) is 46.8 Å². The third kappa shape index (κ3) is 2.40. The number of amides is 2. The van der Waals surface area contributed by atoms with Gasteiger partial charge in [0.2, 0.25) is 0 Å². The predicted octanol–water partition coefficient (Wildman–Crippen LogP) is 4.91. The second-order valence-electron chi connectivity index (χ2n) is 8.82. The van der Waals surface area contributed by atoms with Gasteiger partial charge in [-0.2, -0.15) is 0 Å². The van der Waals surface area contributed by atoms with Gasteiger partial charge in [-0.15, -0.1) is 0 Å². The highest BCUT2D eigenvalue weighted by Crippen LogP contribution is 2.55. The molecule has 0 radical (unpaired) electrons. The van der Waals surface area contributed by atoms with E-state index in [0.717, 1.165) is 25.7 Å². The van der Waals surface area contributed by atoms with Crippen molar-refractivity contribution in [2.24, 2.45) is 16.7 Å². The van der Waals surface area contributed by atoms with Crippen molar-refractivity contribution < 1.29 is 9.59 Å². The van der Waals surface area contributed by atoms with E-state index >= 15 is 0 Å². The van der Waals surface area contributed by atoms with Crippen LogP contribution in [0.3, 0.4) is 0 Å². The molecular weight excluding hydrogens is 298 g/mol. The van der Waals surface area contributed by atoms with Crippen molar-refractivity contribution in [1.82, 2.24) is 4.90 Å². The van der Waals surface area contributed by atoms with Crippen molar-refractivity contribution in [3.05, 3.63) is 35.4 Å². The molecule has 2 amide bonds. The first-order chi connectivity index (χ1) is 11.2. The lowest BCUT2D eigenvalue weighted by molar-refractivity contribution is -0.0267. The number of hydrogen-bond acceptors (Lipinski definition) is 2. The van der Waals surface area contributed by atoms with Gasteiger partial charge in [0, 0.05) is 6.04 Å². The molecule has 1 fully saturated rings. The molecule has 0 N–H and O–H groups in total. The number of benzene rings is 1. The normalized spacial score (nSPS) is 27.8. The molecule has 0 spiro atoms. The van der Waals surface area contributed by atoms with E-state index in [4.69, 9.17) is 0 Å². The Balaban J connectivity index is 1.81. The van der Waals surface area contributed by atoms with E-state index in [1.807, 2.05) is 12.1 Å². The Bertz CT molecular complexity index is 626. The van der Waals surface area contributed by atoms with Crippen molar-refractivity contribution >= 4 is 11.8 Å². The van der Waals surface area contributed by atoms with E-state index < -0.39 is 0 Å². The fourth-order valence-corrected chi connectivity index (χ4v) is 5.11. The molecule has 1 aromatic carbocycles. The summed E-state index contributed by atoms with van der Waals surface area (Å²) in [6.07, 6.45) is 3.99. The maximum absolute atomic E-state index is 12.7. The second kappa shape index (κ2) is 5.72. The smallest absolute Gasteiger partial charge is 0.261 e. The van der Waals surface area contributed by atoms with Crippen LogP contribution in [0.2, 0.25) is 0 Å². The Kier molecular flexibility index (Phi) is 4.09. The number of fused-ring (bicyclic) bond motifs is 1. The maximum atomic E-state index is 12.7. The molecule has 1 heterocycles. The number of imide groups is 1. The zero-order valence-electron chi connectivity index (χ0n) is 15.6. The van der Waals surface area contributed by atoms with Crippen LogP contribution in [0.25, 0.3) is 0 Å². The van der Waals surface area contributed by atoms with Gasteiger partial charge in [-0.05, 0) is 54.6 Å². The standard InChI is InChI=1S/C21H29NO2/c1-14(2)21(20(3,4)5)12-10-15(11-13-21)22-18(23)16-8-6-7-9-17(16)19(22)24/h6-9,14-15H,10-13H2,1-5H3. The van der Waals surface area contributed by atoms with Gasteiger partial charge >= 0.3 is 0 Å². The minimum absolute atomic E-state index is 0.0478. The lowest BCUT2D eigenvalue weighted by Crippen LogP contribution is -2.49. The van der Waals surface area contributed by atoms with Crippen LogP contribution in [-0.4, -0.2) is 22.8 Å². The minimum Gasteiger partial charge on any atom is -0.271 e. The molecule has 24 heavy (non-hydrogen) atoms. The van der Waals surface area contributed by atoms with Crippen molar-refractivity contribution in [1.29, 1.82) is 0 Å². The Morgan fingerprint density at radius 3 is 1.83 bits per heavy atom. The van der Waals surface area contributed by atoms with Gasteiger partial charge in [0.1, 0.15) is 0 Å². The highest BCUT2D eigenvalue weighted by Gasteiger charge is 2.49. The molecule has 3 rings (SSSR count). The second-order valence-corrected chi connectivity index (χ2v) is 8.82. The highest BCUT2D eigenvalue weighted by molar-refractivity contribution is 6.21. The summed E-state index contributed by atoms with van der Waals surface area (Å²) in [4.78, 5) is 26.9. The molecule has 0 saturated heterocycles. The van der Waals surface area contributed by atoms with Crippen molar-refractivity contribution in [3.8, 4) is 0 Å². The summed E-state index contributed by atoms with van der Waals surface area (Å²) >= 11 is 0. The van der Waals surface area contributed by atoms with E-state index in [1.54, 1.807) is 12.1 Å². The fourth-order valence-electron chi connectivity index (χ4n) is 5.11. The molecule has 0 bridgehead atoms. The van der Waals surface area contributed by atoms with E-state index in [9.17, 15) is 9.59 Å². The third-order valence-corrected chi connectivity index (χ3v) is 6.64. The fraction of sp³-hybridized carbons (Fsp3) is 0.619. The summed E-state index contributed by atoms with van der Waals surface area (Å²) < 4.78 is 0. The van der Waals surface area contributed by atoms with Gasteiger partial charge < -0.3 is 0 Å². The molecular formula is C21H29NO2. The lowest BCUT2D eigenvalue weighted by Gasteiger charge is -2.53. The zero-order chi connectivity index (χ0) is 17.7. The van der Waals surface area contributed by atoms with Crippen LogP contribution in [0.1, 0.15) is 81.0 Å². The SMILES string of the molecule is CC(C)C1(C(C)(C)C)CCC(N2C(=O)c3ccccc3C2=O)CC1. The lowest BCUT2D eigenvalue weighted by atomic mass is 9.54. The molecule has 0 atom stereocenters. The summed E-state index contributed by atoms with van der Waals surface area (Å²) in [5.41, 5.74) is 1.65. The molecule has 0 aromatic heterocycles. The van der Waals surface area contributed by atoms with Gasteiger partial charge in [-0.25, -0.2) is 0 Å². The van der Waals surface area contributed by atoms with Crippen LogP contribution >= 0.6 is 0 Å². The Morgan fingerprint density at radius 2 is 1.46 bits per heavy atom. The Labute approximate surface area is 145 Å². The Morgan fingerprint density at radius 1 is 1.00 bits per heavy atom. The summed E-state index contributed by atoms with van der Waals surface area (Å²) in [5.74, 6) is 0.391. The number of rotatable bonds is 2. The van der Waals surface area contributed by atoms with E-state index in [0.29, 0.717) is 17.0 Å². The quantitative estimate of drug-likeness (QED) is 0.723. The number of hydrogen-bond donors (Lipinski definition) is 0. The van der Waals surface area contributed by atoms with E-state index in [1.165, 1.54) is 4.90 Å². The van der Waals surface area contributed by atoms with Gasteiger partial charge in [-0.3, -0.25) is 14.5 Å². The minimum atomic E-state index is -0.103. The molecule has 1 aliphatic carbocycles. The third-order valence-electron chi connectivity index (χ3n) is 6.64. The predicted molar refractivity (Wildman–Crippen MR) is 95.9 cm³/mol. The molecule has 130 valence electrons. The first-order valence-corrected chi connectivity index (χ1v) is 9.16. The topological polar surface area (TPSA) is 37.4 Å². The van der Waals surface area contributed by atoms with Crippen LogP contribution < -0.4 is 0 Å². The van der Waals surface area contributed by atoms with Gasteiger partial charge in [0.25, 0.3) is 11.8 Å². The van der Waals surface area contributed by atoms with Crippen molar-refractivity contribution in [3.63, 3.8) is 0 Å². The molecule has 3 nitrogen and oxygen atoms in total. The average molecular weight is 327 g/mol. The van der Waals surface area contributed by atoms with Crippen LogP contribution in [0.15, 0.2) is 24.3 Å². The number of nitrogens with zero attached hydrogens (tertiary/aromatic N) is 1. The molecule has 1 aliphatic heterocycles. The monoisotopic (exact) mass is 327 g/mol. The molecule has 1 aromatic rings. The van der Waals surface area contributed by atoms with Crippen LogP contribution in [-0.2, 0) is 0 Å². The maximum Gasteiger partial charge on any atom is 0.261 e. The molecule has 1 saturated carbocycles. The molecule has 3 heteroatoms. The summed E-state index contributed by atoms with van der Waals surface area (Å²) in [5, 5.41) is 0. The van der Waals surface area contributed by atoms with Crippen molar-refractivity contribution in [2.75, 3.05) is 0 Å². The average Bonchev–Trinajstić information content (AvgIpc) is 2.78. The van der Waals surface area contributed by atoms with Crippen LogP contribution in [0, 0.1) is 16.7 Å². The largest absolute Gasteiger partial charge is 0.271 e. The first kappa shape index (κ1) is 17.2. The number of carbonyl (C=O) groups is 2. The highest BCUT2D eigenvalue weighted by atomic mass is 16.2. The summed E-state index contributed by atoms with van der Waals surface area (Å²) in [7, 11) is 0. The molecule has 2 aliphatic rings. The van der Waals surface area contributed by atoms with Crippen LogP contribution in [0.4, 0.5) is 0 Å². The molecule has 0 unspecified atom stereocenters. The summed E-state index contributed by atoms with van der Waals surface area (Å²) in [6.45, 7) is 11.6. The Hall–Kier alpha value is -1.64.